The van der Waals surface area contributed by atoms with Crippen LogP contribution in [-0.4, -0.2) is 24.1 Å². The molecule has 1 aliphatic heterocycles. The van der Waals surface area contributed by atoms with E-state index < -0.39 is 5.41 Å². The number of benzene rings is 1. The van der Waals surface area contributed by atoms with Gasteiger partial charge in [-0.05, 0) is 42.2 Å². The third-order valence-electron chi connectivity index (χ3n) is 5.16. The molecule has 0 unspecified atom stereocenters. The Balaban J connectivity index is 1.47. The van der Waals surface area contributed by atoms with Gasteiger partial charge in [0.2, 0.25) is 5.91 Å². The van der Waals surface area contributed by atoms with Gasteiger partial charge in [0.1, 0.15) is 5.69 Å². The van der Waals surface area contributed by atoms with E-state index in [2.05, 4.69) is 10.3 Å². The average molecular weight is 362 g/mol. The Labute approximate surface area is 158 Å². The van der Waals surface area contributed by atoms with E-state index in [1.165, 1.54) is 0 Å². The van der Waals surface area contributed by atoms with Crippen LogP contribution >= 0.6 is 0 Å². The minimum Gasteiger partial charge on any atom is -0.463 e. The van der Waals surface area contributed by atoms with Gasteiger partial charge in [-0.3, -0.25) is 9.78 Å². The molecule has 1 fully saturated rings. The molecular weight excluding hydrogens is 340 g/mol. The van der Waals surface area contributed by atoms with Crippen LogP contribution in [0.5, 0.6) is 0 Å². The van der Waals surface area contributed by atoms with Crippen molar-refractivity contribution in [3.8, 4) is 11.5 Å². The molecule has 1 N–H and O–H groups in total. The highest BCUT2D eigenvalue weighted by atomic mass is 16.5. The summed E-state index contributed by atoms with van der Waals surface area (Å²) in [5.41, 5.74) is 2.26. The summed E-state index contributed by atoms with van der Waals surface area (Å²) in [6.07, 6.45) is 4.79. The SMILES string of the molecule is O=C(NCc1ccc(-c2ccco2)nc1)C1(c2ccccc2)CCOCC1. The highest BCUT2D eigenvalue weighted by Crippen LogP contribution is 2.35. The molecule has 4 rings (SSSR count). The second kappa shape index (κ2) is 7.76. The summed E-state index contributed by atoms with van der Waals surface area (Å²) in [6, 6.07) is 17.6. The van der Waals surface area contributed by atoms with Gasteiger partial charge in [-0.2, -0.15) is 0 Å². The lowest BCUT2D eigenvalue weighted by Gasteiger charge is -2.36. The van der Waals surface area contributed by atoms with E-state index in [1.54, 1.807) is 12.5 Å². The number of carbonyl (C=O) groups is 1. The Hall–Kier alpha value is -2.92. The number of nitrogens with zero attached hydrogens (tertiary/aromatic N) is 1. The first kappa shape index (κ1) is 17.5. The summed E-state index contributed by atoms with van der Waals surface area (Å²) in [4.78, 5) is 17.6. The van der Waals surface area contributed by atoms with E-state index in [-0.39, 0.29) is 5.91 Å². The molecular formula is C22H22N2O3. The van der Waals surface area contributed by atoms with Crippen LogP contribution in [0.15, 0.2) is 71.5 Å². The lowest BCUT2D eigenvalue weighted by Crippen LogP contribution is -2.47. The maximum atomic E-state index is 13.1. The number of nitrogens with one attached hydrogen (secondary N) is 1. The smallest absolute Gasteiger partial charge is 0.231 e. The molecule has 3 heterocycles. The Bertz CT molecular complexity index is 868. The zero-order valence-corrected chi connectivity index (χ0v) is 15.1. The molecule has 0 bridgehead atoms. The predicted molar refractivity (Wildman–Crippen MR) is 102 cm³/mol. The molecule has 0 spiro atoms. The number of furan rings is 1. The first-order chi connectivity index (χ1) is 13.3. The molecule has 0 atom stereocenters. The quantitative estimate of drug-likeness (QED) is 0.752. The van der Waals surface area contributed by atoms with Crippen LogP contribution < -0.4 is 5.32 Å². The number of hydrogen-bond acceptors (Lipinski definition) is 4. The maximum Gasteiger partial charge on any atom is 0.231 e. The van der Waals surface area contributed by atoms with Crippen molar-refractivity contribution in [1.82, 2.24) is 10.3 Å². The monoisotopic (exact) mass is 362 g/mol. The fourth-order valence-corrected chi connectivity index (χ4v) is 3.57. The molecule has 0 saturated carbocycles. The molecule has 138 valence electrons. The minimum atomic E-state index is -0.527. The normalized spacial score (nSPS) is 16.0. The summed E-state index contributed by atoms with van der Waals surface area (Å²) in [7, 11) is 0. The summed E-state index contributed by atoms with van der Waals surface area (Å²) < 4.78 is 10.9. The minimum absolute atomic E-state index is 0.0483. The maximum absolute atomic E-state index is 13.1. The number of hydrogen-bond donors (Lipinski definition) is 1. The van der Waals surface area contributed by atoms with Gasteiger partial charge >= 0.3 is 0 Å². The molecule has 1 amide bonds. The molecule has 5 heteroatoms. The second-order valence-electron chi connectivity index (χ2n) is 6.77. The Kier molecular flexibility index (Phi) is 5.03. The highest BCUT2D eigenvalue weighted by Gasteiger charge is 2.41. The van der Waals surface area contributed by atoms with Gasteiger partial charge in [0, 0.05) is 26.0 Å². The predicted octanol–water partition coefficient (Wildman–Crippen LogP) is 3.71. The van der Waals surface area contributed by atoms with Crippen molar-refractivity contribution >= 4 is 5.91 Å². The Morgan fingerprint density at radius 2 is 1.85 bits per heavy atom. The van der Waals surface area contributed by atoms with Crippen molar-refractivity contribution in [2.24, 2.45) is 0 Å². The summed E-state index contributed by atoms with van der Waals surface area (Å²) in [5.74, 6) is 0.780. The molecule has 1 saturated heterocycles. The fraction of sp³-hybridized carbons (Fsp3) is 0.273. The molecule has 0 aliphatic carbocycles. The van der Waals surface area contributed by atoms with Crippen molar-refractivity contribution in [3.05, 3.63) is 78.2 Å². The third kappa shape index (κ3) is 3.64. The highest BCUT2D eigenvalue weighted by molar-refractivity contribution is 5.88. The number of pyridine rings is 1. The molecule has 27 heavy (non-hydrogen) atoms. The van der Waals surface area contributed by atoms with Gasteiger partial charge in [0.25, 0.3) is 0 Å². The van der Waals surface area contributed by atoms with Gasteiger partial charge in [-0.15, -0.1) is 0 Å². The van der Waals surface area contributed by atoms with Crippen LogP contribution in [0.2, 0.25) is 0 Å². The fourth-order valence-electron chi connectivity index (χ4n) is 3.57. The number of rotatable bonds is 5. The van der Waals surface area contributed by atoms with Crippen molar-refractivity contribution < 1.29 is 13.9 Å². The van der Waals surface area contributed by atoms with Crippen molar-refractivity contribution in [2.75, 3.05) is 13.2 Å². The molecule has 1 aromatic carbocycles. The topological polar surface area (TPSA) is 64.4 Å². The first-order valence-electron chi connectivity index (χ1n) is 9.18. The van der Waals surface area contributed by atoms with E-state index in [4.69, 9.17) is 9.15 Å². The van der Waals surface area contributed by atoms with Crippen LogP contribution in [0.4, 0.5) is 0 Å². The molecule has 2 aromatic heterocycles. The number of aromatic nitrogens is 1. The second-order valence-corrected chi connectivity index (χ2v) is 6.77. The van der Waals surface area contributed by atoms with E-state index in [9.17, 15) is 4.79 Å². The number of carbonyl (C=O) groups excluding carboxylic acids is 1. The van der Waals surface area contributed by atoms with E-state index in [0.717, 1.165) is 22.6 Å². The van der Waals surface area contributed by atoms with Gasteiger partial charge in [-0.1, -0.05) is 36.4 Å². The zero-order chi connectivity index (χ0) is 18.5. The van der Waals surface area contributed by atoms with Crippen molar-refractivity contribution in [3.63, 3.8) is 0 Å². The third-order valence-corrected chi connectivity index (χ3v) is 5.16. The molecule has 5 nitrogen and oxygen atoms in total. The number of ether oxygens (including phenoxy) is 1. The molecule has 1 aliphatic rings. The summed E-state index contributed by atoms with van der Waals surface area (Å²) in [6.45, 7) is 1.64. The average Bonchev–Trinajstić information content (AvgIpc) is 3.28. The number of amides is 1. The van der Waals surface area contributed by atoms with Crippen molar-refractivity contribution in [1.29, 1.82) is 0 Å². The van der Waals surface area contributed by atoms with Crippen LogP contribution in [0.1, 0.15) is 24.0 Å². The lowest BCUT2D eigenvalue weighted by atomic mass is 9.73. The van der Waals surface area contributed by atoms with E-state index >= 15 is 0 Å². The summed E-state index contributed by atoms with van der Waals surface area (Å²) in [5, 5.41) is 3.10. The van der Waals surface area contributed by atoms with Crippen LogP contribution in [0.25, 0.3) is 11.5 Å². The van der Waals surface area contributed by atoms with E-state index in [1.807, 2.05) is 54.6 Å². The first-order valence-corrected chi connectivity index (χ1v) is 9.18. The Morgan fingerprint density at radius 1 is 1.04 bits per heavy atom. The Morgan fingerprint density at radius 3 is 2.52 bits per heavy atom. The molecule has 3 aromatic rings. The molecule has 0 radical (unpaired) electrons. The zero-order valence-electron chi connectivity index (χ0n) is 15.1. The van der Waals surface area contributed by atoms with Crippen LogP contribution in [0, 0.1) is 0 Å². The van der Waals surface area contributed by atoms with Crippen LogP contribution in [-0.2, 0) is 21.5 Å². The largest absolute Gasteiger partial charge is 0.463 e. The van der Waals surface area contributed by atoms with Crippen LogP contribution in [0.3, 0.4) is 0 Å². The lowest BCUT2D eigenvalue weighted by molar-refractivity contribution is -0.130. The van der Waals surface area contributed by atoms with Gasteiger partial charge in [0.15, 0.2) is 5.76 Å². The van der Waals surface area contributed by atoms with Crippen molar-refractivity contribution in [2.45, 2.75) is 24.8 Å². The van der Waals surface area contributed by atoms with Gasteiger partial charge in [0.05, 0.1) is 11.7 Å². The van der Waals surface area contributed by atoms with E-state index in [0.29, 0.717) is 32.6 Å². The standard InChI is InChI=1S/C22H22N2O3/c25-21(22(10-13-26-14-11-22)18-5-2-1-3-6-18)24-16-17-8-9-19(23-15-17)20-7-4-12-27-20/h1-9,12,15H,10-11,13-14,16H2,(H,24,25). The van der Waals surface area contributed by atoms with Gasteiger partial charge in [-0.25, -0.2) is 0 Å². The van der Waals surface area contributed by atoms with Gasteiger partial charge < -0.3 is 14.5 Å². The summed E-state index contributed by atoms with van der Waals surface area (Å²) >= 11 is 0.